The zero-order valence-corrected chi connectivity index (χ0v) is 11.0. The van der Waals surface area contributed by atoms with Crippen LogP contribution in [0.3, 0.4) is 0 Å². The van der Waals surface area contributed by atoms with Crippen LogP contribution in [0.4, 0.5) is 5.69 Å². The van der Waals surface area contributed by atoms with Gasteiger partial charge in [0.1, 0.15) is 0 Å². The molecule has 0 saturated heterocycles. The Hall–Kier alpha value is -0.730. The van der Waals surface area contributed by atoms with Crippen LogP contribution in [0.2, 0.25) is 0 Å². The third-order valence-corrected chi connectivity index (χ3v) is 3.75. The summed E-state index contributed by atoms with van der Waals surface area (Å²) in [5, 5.41) is 3.57. The van der Waals surface area contributed by atoms with Crippen LogP contribution < -0.4 is 5.32 Å². The Labute approximate surface area is 108 Å². The highest BCUT2D eigenvalue weighted by Gasteiger charge is 2.21. The van der Waals surface area contributed by atoms with Crippen molar-refractivity contribution in [3.05, 3.63) is 29.8 Å². The van der Waals surface area contributed by atoms with Crippen LogP contribution in [-0.2, 0) is 10.6 Å². The molecule has 3 heteroatoms. The highest BCUT2D eigenvalue weighted by atomic mass is 35.5. The van der Waals surface area contributed by atoms with E-state index in [9.17, 15) is 0 Å². The van der Waals surface area contributed by atoms with Crippen LogP contribution >= 0.6 is 11.6 Å². The van der Waals surface area contributed by atoms with Gasteiger partial charge >= 0.3 is 0 Å². The zero-order chi connectivity index (χ0) is 12.1. The molecule has 0 spiro atoms. The van der Waals surface area contributed by atoms with Crippen molar-refractivity contribution in [2.24, 2.45) is 0 Å². The second-order valence-electron chi connectivity index (χ2n) is 4.70. The molecule has 2 unspecified atom stereocenters. The summed E-state index contributed by atoms with van der Waals surface area (Å²) in [6.45, 7) is 0. The number of benzene rings is 1. The molecule has 1 aliphatic carbocycles. The lowest BCUT2D eigenvalue weighted by Gasteiger charge is -2.29. The SMILES string of the molecule is COC1CCCC(Nc2ccc(CCl)cc2)C1. The summed E-state index contributed by atoms with van der Waals surface area (Å²) in [6.07, 6.45) is 5.20. The van der Waals surface area contributed by atoms with Gasteiger partial charge in [0, 0.05) is 24.7 Å². The molecule has 0 heterocycles. The Morgan fingerprint density at radius 2 is 2.06 bits per heavy atom. The van der Waals surface area contributed by atoms with Crippen molar-refractivity contribution in [3.8, 4) is 0 Å². The van der Waals surface area contributed by atoms with Gasteiger partial charge in [-0.25, -0.2) is 0 Å². The van der Waals surface area contributed by atoms with E-state index in [2.05, 4.69) is 29.6 Å². The van der Waals surface area contributed by atoms with Crippen molar-refractivity contribution >= 4 is 17.3 Å². The molecule has 2 rings (SSSR count). The average Bonchev–Trinajstić information content (AvgIpc) is 2.40. The largest absolute Gasteiger partial charge is 0.382 e. The standard InChI is InChI=1S/C14H20ClNO/c1-17-14-4-2-3-13(9-14)16-12-7-5-11(10-15)6-8-12/h5-8,13-14,16H,2-4,9-10H2,1H3. The molecule has 0 amide bonds. The smallest absolute Gasteiger partial charge is 0.0590 e. The van der Waals surface area contributed by atoms with Gasteiger partial charge in [-0.05, 0) is 43.4 Å². The van der Waals surface area contributed by atoms with Crippen molar-refractivity contribution < 1.29 is 4.74 Å². The van der Waals surface area contributed by atoms with Crippen molar-refractivity contribution in [2.75, 3.05) is 12.4 Å². The normalized spacial score (nSPS) is 24.6. The maximum atomic E-state index is 5.77. The summed E-state index contributed by atoms with van der Waals surface area (Å²) in [5.41, 5.74) is 2.34. The number of methoxy groups -OCH3 is 1. The summed E-state index contributed by atoms with van der Waals surface area (Å²) in [5.74, 6) is 0.579. The van der Waals surface area contributed by atoms with Gasteiger partial charge in [0.15, 0.2) is 0 Å². The number of ether oxygens (including phenoxy) is 1. The first-order valence-electron chi connectivity index (χ1n) is 6.26. The molecule has 2 atom stereocenters. The molecular formula is C14H20ClNO. The van der Waals surface area contributed by atoms with Crippen molar-refractivity contribution in [1.82, 2.24) is 0 Å². The molecule has 1 aromatic rings. The summed E-state index contributed by atoms with van der Waals surface area (Å²) >= 11 is 5.77. The zero-order valence-electron chi connectivity index (χ0n) is 10.3. The Morgan fingerprint density at radius 3 is 2.71 bits per heavy atom. The van der Waals surface area contributed by atoms with Crippen molar-refractivity contribution in [2.45, 2.75) is 43.7 Å². The van der Waals surface area contributed by atoms with Gasteiger partial charge in [0.05, 0.1) is 6.10 Å². The molecule has 94 valence electrons. The van der Waals surface area contributed by atoms with Crippen LogP contribution in [0.1, 0.15) is 31.2 Å². The molecular weight excluding hydrogens is 234 g/mol. The van der Waals surface area contributed by atoms with E-state index < -0.39 is 0 Å². The van der Waals surface area contributed by atoms with E-state index in [0.717, 1.165) is 12.0 Å². The van der Waals surface area contributed by atoms with Gasteiger partial charge in [0.25, 0.3) is 0 Å². The number of rotatable bonds is 4. The Kier molecular flexibility index (Phi) is 4.69. The molecule has 1 aromatic carbocycles. The van der Waals surface area contributed by atoms with Gasteiger partial charge in [-0.1, -0.05) is 12.1 Å². The van der Waals surface area contributed by atoms with Crippen molar-refractivity contribution in [1.29, 1.82) is 0 Å². The third-order valence-electron chi connectivity index (χ3n) is 3.44. The highest BCUT2D eigenvalue weighted by molar-refractivity contribution is 6.17. The summed E-state index contributed by atoms with van der Waals surface area (Å²) in [6, 6.07) is 8.90. The number of alkyl halides is 1. The Balaban J connectivity index is 1.90. The summed E-state index contributed by atoms with van der Waals surface area (Å²) in [7, 11) is 1.81. The molecule has 1 N–H and O–H groups in total. The van der Waals surface area contributed by atoms with Crippen LogP contribution in [0.15, 0.2) is 24.3 Å². The second-order valence-corrected chi connectivity index (χ2v) is 4.96. The minimum absolute atomic E-state index is 0.420. The number of anilines is 1. The molecule has 1 saturated carbocycles. The lowest BCUT2D eigenvalue weighted by atomic mass is 9.92. The third kappa shape index (κ3) is 3.62. The molecule has 0 radical (unpaired) electrons. The van der Waals surface area contributed by atoms with E-state index in [4.69, 9.17) is 16.3 Å². The lowest BCUT2D eigenvalue weighted by molar-refractivity contribution is 0.0669. The van der Waals surface area contributed by atoms with Crippen LogP contribution in [-0.4, -0.2) is 19.3 Å². The minimum Gasteiger partial charge on any atom is -0.382 e. The fourth-order valence-corrected chi connectivity index (χ4v) is 2.59. The van der Waals surface area contributed by atoms with Crippen LogP contribution in [0.5, 0.6) is 0 Å². The lowest BCUT2D eigenvalue weighted by Crippen LogP contribution is -2.30. The minimum atomic E-state index is 0.420. The molecule has 1 fully saturated rings. The molecule has 0 bridgehead atoms. The van der Waals surface area contributed by atoms with E-state index in [1.165, 1.54) is 24.9 Å². The quantitative estimate of drug-likeness (QED) is 0.825. The first-order chi connectivity index (χ1) is 8.31. The predicted octanol–water partition coefficient (Wildman–Crippen LogP) is 3.79. The highest BCUT2D eigenvalue weighted by Crippen LogP contribution is 2.24. The van der Waals surface area contributed by atoms with Gasteiger partial charge in [-0.2, -0.15) is 0 Å². The topological polar surface area (TPSA) is 21.3 Å². The average molecular weight is 254 g/mol. The molecule has 17 heavy (non-hydrogen) atoms. The fourth-order valence-electron chi connectivity index (χ4n) is 2.42. The van der Waals surface area contributed by atoms with E-state index in [0.29, 0.717) is 18.0 Å². The molecule has 0 aromatic heterocycles. The van der Waals surface area contributed by atoms with E-state index in [-0.39, 0.29) is 0 Å². The first-order valence-corrected chi connectivity index (χ1v) is 6.79. The maximum absolute atomic E-state index is 5.77. The summed E-state index contributed by atoms with van der Waals surface area (Å²) in [4.78, 5) is 0. The number of halogens is 1. The van der Waals surface area contributed by atoms with E-state index in [1.807, 2.05) is 7.11 Å². The van der Waals surface area contributed by atoms with Crippen molar-refractivity contribution in [3.63, 3.8) is 0 Å². The van der Waals surface area contributed by atoms with Crippen LogP contribution in [0.25, 0.3) is 0 Å². The monoisotopic (exact) mass is 253 g/mol. The maximum Gasteiger partial charge on any atom is 0.0590 e. The Bertz CT molecular complexity index is 339. The fraction of sp³-hybridized carbons (Fsp3) is 0.571. The number of hydrogen-bond donors (Lipinski definition) is 1. The second kappa shape index (κ2) is 6.27. The van der Waals surface area contributed by atoms with Gasteiger partial charge in [0.2, 0.25) is 0 Å². The molecule has 2 nitrogen and oxygen atoms in total. The summed E-state index contributed by atoms with van der Waals surface area (Å²) < 4.78 is 5.44. The van der Waals surface area contributed by atoms with E-state index in [1.54, 1.807) is 0 Å². The first kappa shape index (κ1) is 12.7. The van der Waals surface area contributed by atoms with Gasteiger partial charge in [-0.3, -0.25) is 0 Å². The number of nitrogens with one attached hydrogen (secondary N) is 1. The van der Waals surface area contributed by atoms with Gasteiger partial charge < -0.3 is 10.1 Å². The number of hydrogen-bond acceptors (Lipinski definition) is 2. The molecule has 0 aliphatic heterocycles. The van der Waals surface area contributed by atoms with E-state index >= 15 is 0 Å². The van der Waals surface area contributed by atoms with Gasteiger partial charge in [-0.15, -0.1) is 11.6 Å². The Morgan fingerprint density at radius 1 is 1.29 bits per heavy atom. The predicted molar refractivity (Wildman–Crippen MR) is 72.7 cm³/mol. The molecule has 1 aliphatic rings. The van der Waals surface area contributed by atoms with Crippen LogP contribution in [0, 0.1) is 0 Å².